The molecule has 8 atom stereocenters. The SMILES string of the molecule is CC(C)CCC[C@@H](C)[C@H]1CC[C@H]2[C@@H]3CC=C4C[C@@H](Oc5cccc(N)c5N)CC[C@]4(C)[C@H]3CC[C@]12C. The molecule has 0 amide bonds. The Morgan fingerprint density at radius 1 is 0.972 bits per heavy atom. The number of rotatable bonds is 7. The van der Waals surface area contributed by atoms with Crippen molar-refractivity contribution in [3.8, 4) is 5.75 Å². The normalized spacial score (nSPS) is 38.6. The lowest BCUT2D eigenvalue weighted by Gasteiger charge is -2.58. The van der Waals surface area contributed by atoms with E-state index in [2.05, 4.69) is 40.7 Å². The average molecular weight is 493 g/mol. The molecule has 0 bridgehead atoms. The van der Waals surface area contributed by atoms with Crippen LogP contribution in [0.2, 0.25) is 0 Å². The molecule has 1 aromatic rings. The topological polar surface area (TPSA) is 61.3 Å². The number of nitrogens with two attached hydrogens (primary N) is 2. The Bertz CT molecular complexity index is 968. The van der Waals surface area contributed by atoms with Crippen molar-refractivity contribution in [2.24, 2.45) is 46.3 Å². The molecule has 0 saturated heterocycles. The first kappa shape index (κ1) is 26.0. The van der Waals surface area contributed by atoms with E-state index in [0.717, 1.165) is 54.1 Å². The highest BCUT2D eigenvalue weighted by atomic mass is 16.5. The van der Waals surface area contributed by atoms with Gasteiger partial charge in [-0.2, -0.15) is 0 Å². The van der Waals surface area contributed by atoms with Crippen LogP contribution < -0.4 is 16.2 Å². The molecule has 4 aliphatic carbocycles. The largest absolute Gasteiger partial charge is 0.488 e. The van der Waals surface area contributed by atoms with Gasteiger partial charge in [-0.1, -0.05) is 71.6 Å². The van der Waals surface area contributed by atoms with Crippen LogP contribution in [0.5, 0.6) is 5.75 Å². The molecular weight excluding hydrogens is 440 g/mol. The highest BCUT2D eigenvalue weighted by Gasteiger charge is 2.59. The Morgan fingerprint density at radius 2 is 1.78 bits per heavy atom. The highest BCUT2D eigenvalue weighted by Crippen LogP contribution is 2.67. The van der Waals surface area contributed by atoms with E-state index >= 15 is 0 Å². The summed E-state index contributed by atoms with van der Waals surface area (Å²) in [4.78, 5) is 0. The summed E-state index contributed by atoms with van der Waals surface area (Å²) in [5.41, 5.74) is 16.0. The quantitative estimate of drug-likeness (QED) is 0.296. The van der Waals surface area contributed by atoms with Gasteiger partial charge in [0.15, 0.2) is 0 Å². The minimum absolute atomic E-state index is 0.210. The number of nitrogen functional groups attached to an aromatic ring is 2. The highest BCUT2D eigenvalue weighted by molar-refractivity contribution is 5.70. The molecule has 0 radical (unpaired) electrons. The number of allylic oxidation sites excluding steroid dienone is 1. The molecule has 0 unspecified atom stereocenters. The third-order valence-electron chi connectivity index (χ3n) is 11.7. The smallest absolute Gasteiger partial charge is 0.144 e. The lowest BCUT2D eigenvalue weighted by Crippen LogP contribution is -2.51. The van der Waals surface area contributed by atoms with Crippen molar-refractivity contribution in [3.63, 3.8) is 0 Å². The van der Waals surface area contributed by atoms with Crippen molar-refractivity contribution in [1.29, 1.82) is 0 Å². The molecule has 0 aliphatic heterocycles. The zero-order valence-electron chi connectivity index (χ0n) is 23.7. The van der Waals surface area contributed by atoms with Crippen molar-refractivity contribution < 1.29 is 4.74 Å². The predicted molar refractivity (Wildman–Crippen MR) is 153 cm³/mol. The van der Waals surface area contributed by atoms with Crippen molar-refractivity contribution in [3.05, 3.63) is 29.8 Å². The second-order valence-electron chi connectivity index (χ2n) is 14.0. The molecular formula is C33H52N2O. The third kappa shape index (κ3) is 4.47. The van der Waals surface area contributed by atoms with E-state index < -0.39 is 0 Å². The van der Waals surface area contributed by atoms with Crippen LogP contribution in [0.3, 0.4) is 0 Å². The van der Waals surface area contributed by atoms with Crippen molar-refractivity contribution in [2.75, 3.05) is 11.5 Å². The molecule has 3 saturated carbocycles. The molecule has 3 fully saturated rings. The second-order valence-corrected chi connectivity index (χ2v) is 14.0. The number of ether oxygens (including phenoxy) is 1. The van der Waals surface area contributed by atoms with E-state index in [1.54, 1.807) is 5.57 Å². The van der Waals surface area contributed by atoms with E-state index in [1.807, 2.05) is 18.2 Å². The minimum Gasteiger partial charge on any atom is -0.488 e. The zero-order chi connectivity index (χ0) is 25.7. The van der Waals surface area contributed by atoms with Crippen molar-refractivity contribution in [2.45, 2.75) is 111 Å². The van der Waals surface area contributed by atoms with Gasteiger partial charge in [-0.25, -0.2) is 0 Å². The summed E-state index contributed by atoms with van der Waals surface area (Å²) in [5.74, 6) is 6.06. The fourth-order valence-corrected chi connectivity index (χ4v) is 9.60. The lowest BCUT2D eigenvalue weighted by atomic mass is 9.47. The summed E-state index contributed by atoms with van der Waals surface area (Å²) in [6.45, 7) is 12.6. The standard InChI is InChI=1S/C33H52N2O/c1-21(2)8-6-9-22(3)26-14-15-27-25-13-12-23-20-24(36-30-11-7-10-29(34)31(30)35)16-18-32(23,4)28(25)17-19-33(26,27)5/h7,10-12,21-22,24-28H,6,8-9,13-20,34-35H2,1-5H3/t22-,24+,25+,26-,27+,28+,32+,33-/m1/s1. The second kappa shape index (κ2) is 9.91. The zero-order valence-corrected chi connectivity index (χ0v) is 23.7. The molecule has 0 spiro atoms. The molecule has 1 aromatic carbocycles. The first-order valence-corrected chi connectivity index (χ1v) is 15.1. The van der Waals surface area contributed by atoms with Crippen LogP contribution in [-0.4, -0.2) is 6.10 Å². The Balaban J connectivity index is 1.28. The molecule has 4 N–H and O–H groups in total. The van der Waals surface area contributed by atoms with Crippen LogP contribution in [0.4, 0.5) is 11.4 Å². The van der Waals surface area contributed by atoms with Crippen molar-refractivity contribution >= 4 is 11.4 Å². The van der Waals surface area contributed by atoms with Gasteiger partial charge >= 0.3 is 0 Å². The first-order chi connectivity index (χ1) is 17.1. The van der Waals surface area contributed by atoms with Gasteiger partial charge in [-0.15, -0.1) is 0 Å². The van der Waals surface area contributed by atoms with Gasteiger partial charge in [0, 0.05) is 6.42 Å². The van der Waals surface area contributed by atoms with Gasteiger partial charge in [-0.3, -0.25) is 0 Å². The van der Waals surface area contributed by atoms with Crippen LogP contribution in [0.1, 0.15) is 105 Å². The van der Waals surface area contributed by atoms with Gasteiger partial charge in [0.25, 0.3) is 0 Å². The van der Waals surface area contributed by atoms with E-state index in [1.165, 1.54) is 57.8 Å². The average Bonchev–Trinajstić information content (AvgIpc) is 3.19. The molecule has 3 heteroatoms. The fraction of sp³-hybridized carbons (Fsp3) is 0.758. The maximum absolute atomic E-state index is 6.42. The molecule has 4 aliphatic rings. The number of benzene rings is 1. The van der Waals surface area contributed by atoms with E-state index in [0.29, 0.717) is 22.2 Å². The molecule has 36 heavy (non-hydrogen) atoms. The van der Waals surface area contributed by atoms with E-state index in [-0.39, 0.29) is 6.10 Å². The summed E-state index contributed by atoms with van der Waals surface area (Å²) < 4.78 is 6.42. The summed E-state index contributed by atoms with van der Waals surface area (Å²) in [6, 6.07) is 5.76. The fourth-order valence-electron chi connectivity index (χ4n) is 9.60. The maximum atomic E-state index is 6.42. The van der Waals surface area contributed by atoms with Gasteiger partial charge in [0.2, 0.25) is 0 Å². The molecule has 3 nitrogen and oxygen atoms in total. The molecule has 5 rings (SSSR count). The van der Waals surface area contributed by atoms with Crippen molar-refractivity contribution in [1.82, 2.24) is 0 Å². The number of anilines is 2. The Morgan fingerprint density at radius 3 is 2.56 bits per heavy atom. The molecule has 200 valence electrons. The van der Waals surface area contributed by atoms with E-state index in [9.17, 15) is 0 Å². The maximum Gasteiger partial charge on any atom is 0.144 e. The first-order valence-electron chi connectivity index (χ1n) is 15.1. The Hall–Kier alpha value is -1.64. The van der Waals surface area contributed by atoms with Crippen LogP contribution in [0.15, 0.2) is 29.8 Å². The number of para-hydroxylation sites is 1. The minimum atomic E-state index is 0.210. The summed E-state index contributed by atoms with van der Waals surface area (Å²) in [5, 5.41) is 0. The van der Waals surface area contributed by atoms with Gasteiger partial charge in [0.05, 0.1) is 11.4 Å². The Labute approximate surface area is 220 Å². The van der Waals surface area contributed by atoms with Gasteiger partial charge in [-0.05, 0) is 103 Å². The summed E-state index contributed by atoms with van der Waals surface area (Å²) >= 11 is 0. The van der Waals surface area contributed by atoms with Crippen LogP contribution in [0.25, 0.3) is 0 Å². The number of hydrogen-bond acceptors (Lipinski definition) is 3. The molecule has 0 heterocycles. The van der Waals surface area contributed by atoms with Gasteiger partial charge in [0.1, 0.15) is 11.9 Å². The molecule has 0 aromatic heterocycles. The lowest BCUT2D eigenvalue weighted by molar-refractivity contribution is -0.0558. The number of fused-ring (bicyclic) bond motifs is 5. The van der Waals surface area contributed by atoms with Crippen LogP contribution in [0, 0.1) is 46.3 Å². The summed E-state index contributed by atoms with van der Waals surface area (Å²) in [7, 11) is 0. The van der Waals surface area contributed by atoms with Gasteiger partial charge < -0.3 is 16.2 Å². The van der Waals surface area contributed by atoms with Crippen LogP contribution in [-0.2, 0) is 0 Å². The number of hydrogen-bond donors (Lipinski definition) is 2. The van der Waals surface area contributed by atoms with Crippen LogP contribution >= 0.6 is 0 Å². The third-order valence-corrected chi connectivity index (χ3v) is 11.7. The predicted octanol–water partition coefficient (Wildman–Crippen LogP) is 8.64. The van der Waals surface area contributed by atoms with E-state index in [4.69, 9.17) is 16.2 Å². The Kier molecular flexibility index (Phi) is 7.16. The summed E-state index contributed by atoms with van der Waals surface area (Å²) in [6.07, 6.45) is 17.6. The monoisotopic (exact) mass is 492 g/mol.